The Labute approximate surface area is 99.5 Å². The molecule has 0 unspecified atom stereocenters. The molecule has 0 amide bonds. The van der Waals surface area contributed by atoms with Crippen LogP contribution in [0.2, 0.25) is 0 Å². The first-order chi connectivity index (χ1) is 8.43. The maximum absolute atomic E-state index is 12.9. The standard InChI is InChI=1S/C9H8F2N2O5/c1-17-4-3-12-8(13(15)16)6(9(14)18-2)5(4)7(10)11/h3,7H,1-2H3. The van der Waals surface area contributed by atoms with Gasteiger partial charge in [0.2, 0.25) is 0 Å². The summed E-state index contributed by atoms with van der Waals surface area (Å²) in [5.41, 5.74) is -1.82. The number of esters is 1. The number of alkyl halides is 2. The zero-order valence-corrected chi connectivity index (χ0v) is 9.35. The van der Waals surface area contributed by atoms with Crippen molar-refractivity contribution in [3.8, 4) is 5.75 Å². The molecule has 98 valence electrons. The molecule has 0 fully saturated rings. The summed E-state index contributed by atoms with van der Waals surface area (Å²) in [5, 5.41) is 10.7. The van der Waals surface area contributed by atoms with Gasteiger partial charge in [-0.1, -0.05) is 0 Å². The molecular weight excluding hydrogens is 254 g/mol. The van der Waals surface area contributed by atoms with Gasteiger partial charge in [-0.25, -0.2) is 13.6 Å². The van der Waals surface area contributed by atoms with Gasteiger partial charge in [0.25, 0.3) is 6.43 Å². The summed E-state index contributed by atoms with van der Waals surface area (Å²) in [6, 6.07) is 0. The molecule has 0 saturated heterocycles. The fourth-order valence-electron chi connectivity index (χ4n) is 1.32. The van der Waals surface area contributed by atoms with E-state index in [0.717, 1.165) is 20.4 Å². The van der Waals surface area contributed by atoms with Gasteiger partial charge in [0, 0.05) is 0 Å². The summed E-state index contributed by atoms with van der Waals surface area (Å²) in [7, 11) is 2.00. The Morgan fingerprint density at radius 3 is 2.50 bits per heavy atom. The minimum atomic E-state index is -3.14. The number of hydrogen-bond donors (Lipinski definition) is 0. The number of nitrogens with zero attached hydrogens (tertiary/aromatic N) is 2. The number of pyridine rings is 1. The molecule has 0 aliphatic heterocycles. The molecule has 0 aliphatic rings. The summed E-state index contributed by atoms with van der Waals surface area (Å²) >= 11 is 0. The predicted octanol–water partition coefficient (Wildman–Crippen LogP) is 1.72. The molecular formula is C9H8F2N2O5. The molecule has 1 heterocycles. The van der Waals surface area contributed by atoms with Crippen molar-refractivity contribution in [3.63, 3.8) is 0 Å². The smallest absolute Gasteiger partial charge is 0.378 e. The number of rotatable bonds is 4. The van der Waals surface area contributed by atoms with Crippen LogP contribution < -0.4 is 4.74 Å². The van der Waals surface area contributed by atoms with Gasteiger partial charge in [-0.3, -0.25) is 0 Å². The molecule has 0 bridgehead atoms. The third-order valence-corrected chi connectivity index (χ3v) is 2.06. The molecule has 9 heteroatoms. The second-order valence-corrected chi connectivity index (χ2v) is 2.99. The monoisotopic (exact) mass is 262 g/mol. The molecule has 0 radical (unpaired) electrons. The second kappa shape index (κ2) is 5.34. The highest BCUT2D eigenvalue weighted by atomic mass is 19.3. The van der Waals surface area contributed by atoms with Gasteiger partial charge in [-0.15, -0.1) is 0 Å². The number of aromatic nitrogens is 1. The lowest BCUT2D eigenvalue weighted by atomic mass is 10.1. The lowest BCUT2D eigenvalue weighted by Gasteiger charge is -2.10. The molecule has 0 N–H and O–H groups in total. The molecule has 18 heavy (non-hydrogen) atoms. The summed E-state index contributed by atoms with van der Waals surface area (Å²) < 4.78 is 34.6. The molecule has 7 nitrogen and oxygen atoms in total. The van der Waals surface area contributed by atoms with Gasteiger partial charge in [0.15, 0.2) is 17.5 Å². The molecule has 0 aliphatic carbocycles. The molecule has 0 atom stereocenters. The van der Waals surface area contributed by atoms with Gasteiger partial charge < -0.3 is 19.6 Å². The van der Waals surface area contributed by atoms with E-state index in [-0.39, 0.29) is 0 Å². The largest absolute Gasteiger partial charge is 0.492 e. The van der Waals surface area contributed by atoms with Crippen LogP contribution in [0.25, 0.3) is 0 Å². The molecule has 0 saturated carbocycles. The van der Waals surface area contributed by atoms with Crippen LogP contribution in [-0.4, -0.2) is 30.1 Å². The highest BCUT2D eigenvalue weighted by molar-refractivity contribution is 5.95. The van der Waals surface area contributed by atoms with E-state index in [4.69, 9.17) is 0 Å². The number of hydrogen-bond acceptors (Lipinski definition) is 6. The number of methoxy groups -OCH3 is 2. The van der Waals surface area contributed by atoms with Crippen LogP contribution in [0.5, 0.6) is 5.75 Å². The fraction of sp³-hybridized carbons (Fsp3) is 0.333. The van der Waals surface area contributed by atoms with Crippen molar-refractivity contribution in [2.75, 3.05) is 14.2 Å². The number of carbonyl (C=O) groups excluding carboxylic acids is 1. The molecule has 1 aromatic heterocycles. The Morgan fingerprint density at radius 1 is 1.50 bits per heavy atom. The Morgan fingerprint density at radius 2 is 2.11 bits per heavy atom. The Hall–Kier alpha value is -2.32. The van der Waals surface area contributed by atoms with Crippen molar-refractivity contribution in [1.82, 2.24) is 4.98 Å². The number of halogens is 2. The van der Waals surface area contributed by atoms with E-state index in [1.807, 2.05) is 0 Å². The molecule has 1 rings (SSSR count). The average Bonchev–Trinajstić information content (AvgIpc) is 2.35. The third kappa shape index (κ3) is 2.34. The van der Waals surface area contributed by atoms with Gasteiger partial charge in [0.05, 0.1) is 19.8 Å². The normalized spacial score (nSPS) is 10.3. The van der Waals surface area contributed by atoms with Crippen LogP contribution in [-0.2, 0) is 4.74 Å². The van der Waals surface area contributed by atoms with Gasteiger partial charge in [-0.2, -0.15) is 0 Å². The van der Waals surface area contributed by atoms with E-state index in [0.29, 0.717) is 0 Å². The lowest BCUT2D eigenvalue weighted by molar-refractivity contribution is -0.390. The SMILES string of the molecule is COC(=O)c1c([N+](=O)[O-])ncc(OC)c1C(F)F. The van der Waals surface area contributed by atoms with Gasteiger partial charge in [0.1, 0.15) is 0 Å². The average molecular weight is 262 g/mol. The van der Waals surface area contributed by atoms with Crippen LogP contribution in [0.4, 0.5) is 14.6 Å². The van der Waals surface area contributed by atoms with Crippen molar-refractivity contribution in [2.45, 2.75) is 6.43 Å². The fourth-order valence-corrected chi connectivity index (χ4v) is 1.32. The first kappa shape index (κ1) is 13.7. The third-order valence-electron chi connectivity index (χ3n) is 2.06. The Bertz CT molecular complexity index is 492. The van der Waals surface area contributed by atoms with E-state index < -0.39 is 40.0 Å². The first-order valence-corrected chi connectivity index (χ1v) is 4.51. The zero-order valence-electron chi connectivity index (χ0n) is 9.35. The number of carbonyl (C=O) groups is 1. The van der Waals surface area contributed by atoms with E-state index in [1.165, 1.54) is 0 Å². The highest BCUT2D eigenvalue weighted by Crippen LogP contribution is 2.35. The van der Waals surface area contributed by atoms with Crippen LogP contribution in [0.15, 0.2) is 6.20 Å². The molecule has 1 aromatic rings. The molecule has 0 aromatic carbocycles. The summed E-state index contributed by atoms with van der Waals surface area (Å²) in [4.78, 5) is 24.3. The number of ether oxygens (including phenoxy) is 2. The van der Waals surface area contributed by atoms with Gasteiger partial charge in [-0.05, 0) is 9.91 Å². The van der Waals surface area contributed by atoms with Crippen molar-refractivity contribution in [1.29, 1.82) is 0 Å². The maximum atomic E-state index is 12.9. The topological polar surface area (TPSA) is 91.6 Å². The van der Waals surface area contributed by atoms with Crippen molar-refractivity contribution in [2.24, 2.45) is 0 Å². The Kier molecular flexibility index (Phi) is 4.08. The van der Waals surface area contributed by atoms with E-state index in [2.05, 4.69) is 14.5 Å². The van der Waals surface area contributed by atoms with Crippen LogP contribution in [0.3, 0.4) is 0 Å². The predicted molar refractivity (Wildman–Crippen MR) is 53.7 cm³/mol. The maximum Gasteiger partial charge on any atom is 0.378 e. The van der Waals surface area contributed by atoms with Crippen LogP contribution >= 0.6 is 0 Å². The van der Waals surface area contributed by atoms with Crippen molar-refractivity contribution >= 4 is 11.8 Å². The lowest BCUT2D eigenvalue weighted by Crippen LogP contribution is -2.12. The van der Waals surface area contributed by atoms with Crippen LogP contribution in [0, 0.1) is 10.1 Å². The van der Waals surface area contributed by atoms with E-state index in [1.54, 1.807) is 0 Å². The first-order valence-electron chi connectivity index (χ1n) is 4.51. The minimum Gasteiger partial charge on any atom is -0.492 e. The second-order valence-electron chi connectivity index (χ2n) is 2.99. The van der Waals surface area contributed by atoms with Crippen molar-refractivity contribution in [3.05, 3.63) is 27.4 Å². The van der Waals surface area contributed by atoms with E-state index in [9.17, 15) is 23.7 Å². The number of nitro groups is 1. The van der Waals surface area contributed by atoms with Crippen molar-refractivity contribution < 1.29 is 28.0 Å². The van der Waals surface area contributed by atoms with E-state index >= 15 is 0 Å². The highest BCUT2D eigenvalue weighted by Gasteiger charge is 2.34. The summed E-state index contributed by atoms with van der Waals surface area (Å²) in [5.74, 6) is -2.70. The summed E-state index contributed by atoms with van der Waals surface area (Å²) in [6.07, 6.45) is -2.39. The quantitative estimate of drug-likeness (QED) is 0.466. The van der Waals surface area contributed by atoms with Crippen LogP contribution in [0.1, 0.15) is 22.3 Å². The summed E-state index contributed by atoms with van der Waals surface area (Å²) in [6.45, 7) is 0. The molecule has 0 spiro atoms. The zero-order chi connectivity index (χ0) is 13.9. The Balaban J connectivity index is 3.65. The minimum absolute atomic E-state index is 0.420. The van der Waals surface area contributed by atoms with Gasteiger partial charge >= 0.3 is 11.8 Å².